The first-order valence-corrected chi connectivity index (χ1v) is 10.6. The molecule has 0 spiro atoms. The SMILES string of the molecule is CC(=O)NCCc1c(Sc2ccc(Br)cc2)sc2ccc(Br)cc12. The fourth-order valence-electron chi connectivity index (χ4n) is 2.39. The summed E-state index contributed by atoms with van der Waals surface area (Å²) in [6.45, 7) is 2.21. The maximum absolute atomic E-state index is 11.2. The molecule has 2 nitrogen and oxygen atoms in total. The Morgan fingerprint density at radius 2 is 1.83 bits per heavy atom. The Morgan fingerprint density at radius 3 is 2.54 bits per heavy atom. The Labute approximate surface area is 166 Å². The summed E-state index contributed by atoms with van der Waals surface area (Å²) in [5, 5.41) is 4.16. The average Bonchev–Trinajstić information content (AvgIpc) is 2.86. The Hall–Kier alpha value is -0.820. The monoisotopic (exact) mass is 483 g/mol. The predicted octanol–water partition coefficient (Wildman–Crippen LogP) is 6.26. The lowest BCUT2D eigenvalue weighted by atomic mass is 10.1. The van der Waals surface area contributed by atoms with Gasteiger partial charge in [0.2, 0.25) is 5.91 Å². The second-order valence-corrected chi connectivity index (χ2v) is 9.52. The van der Waals surface area contributed by atoms with Gasteiger partial charge in [-0.1, -0.05) is 43.6 Å². The first-order chi connectivity index (χ1) is 11.5. The van der Waals surface area contributed by atoms with Gasteiger partial charge < -0.3 is 5.32 Å². The number of rotatable bonds is 5. The van der Waals surface area contributed by atoms with Crippen LogP contribution in [0.15, 0.2) is 60.5 Å². The minimum atomic E-state index is 0.0119. The summed E-state index contributed by atoms with van der Waals surface area (Å²) in [6, 6.07) is 14.7. The number of carbonyl (C=O) groups is 1. The van der Waals surface area contributed by atoms with E-state index in [2.05, 4.69) is 79.6 Å². The number of fused-ring (bicyclic) bond motifs is 1. The van der Waals surface area contributed by atoms with E-state index in [0.29, 0.717) is 6.54 Å². The zero-order valence-corrected chi connectivity index (χ0v) is 17.7. The van der Waals surface area contributed by atoms with Gasteiger partial charge in [0.05, 0.1) is 4.21 Å². The van der Waals surface area contributed by atoms with Gasteiger partial charge in [-0.25, -0.2) is 0 Å². The summed E-state index contributed by atoms with van der Waals surface area (Å²) in [5.41, 5.74) is 1.30. The molecule has 0 atom stereocenters. The van der Waals surface area contributed by atoms with Crippen molar-refractivity contribution in [2.24, 2.45) is 0 Å². The third-order valence-electron chi connectivity index (χ3n) is 3.49. The van der Waals surface area contributed by atoms with Crippen LogP contribution in [0.4, 0.5) is 0 Å². The highest BCUT2D eigenvalue weighted by Gasteiger charge is 2.14. The topological polar surface area (TPSA) is 29.1 Å². The lowest BCUT2D eigenvalue weighted by Crippen LogP contribution is -2.22. The van der Waals surface area contributed by atoms with Crippen LogP contribution in [0.2, 0.25) is 0 Å². The van der Waals surface area contributed by atoms with Crippen molar-refractivity contribution < 1.29 is 4.79 Å². The molecule has 0 saturated carbocycles. The van der Waals surface area contributed by atoms with Gasteiger partial charge in [-0.2, -0.15) is 0 Å². The molecular weight excluding hydrogens is 470 g/mol. The number of halogens is 2. The summed E-state index contributed by atoms with van der Waals surface area (Å²) >= 11 is 10.6. The van der Waals surface area contributed by atoms with E-state index in [1.165, 1.54) is 24.8 Å². The molecule has 0 unspecified atom stereocenters. The fraction of sp³-hybridized carbons (Fsp3) is 0.167. The molecule has 0 fully saturated rings. The minimum absolute atomic E-state index is 0.0119. The van der Waals surface area contributed by atoms with Crippen LogP contribution in [0, 0.1) is 0 Å². The molecule has 3 rings (SSSR count). The summed E-state index contributed by atoms with van der Waals surface area (Å²) in [4.78, 5) is 12.4. The van der Waals surface area contributed by atoms with Gasteiger partial charge in [0.1, 0.15) is 0 Å². The number of carbonyl (C=O) groups excluding carboxylic acids is 1. The number of hydrogen-bond donors (Lipinski definition) is 1. The van der Waals surface area contributed by atoms with E-state index in [4.69, 9.17) is 0 Å². The molecule has 0 saturated heterocycles. The van der Waals surface area contributed by atoms with Crippen molar-refractivity contribution in [3.05, 3.63) is 57.0 Å². The van der Waals surface area contributed by atoms with Crippen molar-refractivity contribution in [3.8, 4) is 0 Å². The third kappa shape index (κ3) is 4.42. The third-order valence-corrected chi connectivity index (χ3v) is 6.96. The lowest BCUT2D eigenvalue weighted by Gasteiger charge is -2.06. The molecule has 1 aromatic heterocycles. The molecular formula is C18H15Br2NOS2. The Balaban J connectivity index is 1.95. The van der Waals surface area contributed by atoms with Crippen LogP contribution in [-0.2, 0) is 11.2 Å². The van der Waals surface area contributed by atoms with E-state index >= 15 is 0 Å². The van der Waals surface area contributed by atoms with E-state index in [-0.39, 0.29) is 5.91 Å². The number of nitrogens with one attached hydrogen (secondary N) is 1. The first-order valence-electron chi connectivity index (χ1n) is 7.42. The van der Waals surface area contributed by atoms with E-state index in [0.717, 1.165) is 15.4 Å². The van der Waals surface area contributed by atoms with Gasteiger partial charge in [0.15, 0.2) is 0 Å². The molecule has 0 aliphatic carbocycles. The lowest BCUT2D eigenvalue weighted by molar-refractivity contribution is -0.118. The normalized spacial score (nSPS) is 11.0. The van der Waals surface area contributed by atoms with Crippen molar-refractivity contribution in [1.82, 2.24) is 5.32 Å². The predicted molar refractivity (Wildman–Crippen MR) is 110 cm³/mol. The molecule has 3 aromatic rings. The molecule has 124 valence electrons. The van der Waals surface area contributed by atoms with Crippen molar-refractivity contribution in [2.75, 3.05) is 6.54 Å². The molecule has 0 aliphatic rings. The van der Waals surface area contributed by atoms with Crippen LogP contribution in [-0.4, -0.2) is 12.5 Å². The van der Waals surface area contributed by atoms with Gasteiger partial charge in [-0.15, -0.1) is 11.3 Å². The van der Waals surface area contributed by atoms with Gasteiger partial charge in [0, 0.05) is 32.0 Å². The second kappa shape index (κ2) is 8.04. The quantitative estimate of drug-likeness (QED) is 0.463. The molecule has 0 aliphatic heterocycles. The van der Waals surface area contributed by atoms with Gasteiger partial charge in [-0.05, 0) is 59.8 Å². The second-order valence-electron chi connectivity index (χ2n) is 5.30. The number of thiophene rings is 1. The van der Waals surface area contributed by atoms with Gasteiger partial charge >= 0.3 is 0 Å². The molecule has 1 heterocycles. The molecule has 24 heavy (non-hydrogen) atoms. The zero-order chi connectivity index (χ0) is 17.1. The van der Waals surface area contributed by atoms with Crippen LogP contribution in [0.1, 0.15) is 12.5 Å². The average molecular weight is 485 g/mol. The largest absolute Gasteiger partial charge is 0.356 e. The minimum Gasteiger partial charge on any atom is -0.356 e. The molecule has 6 heteroatoms. The zero-order valence-electron chi connectivity index (χ0n) is 12.9. The highest BCUT2D eigenvalue weighted by atomic mass is 79.9. The smallest absolute Gasteiger partial charge is 0.216 e. The van der Waals surface area contributed by atoms with E-state index in [1.54, 1.807) is 18.7 Å². The van der Waals surface area contributed by atoms with Crippen LogP contribution in [0.5, 0.6) is 0 Å². The van der Waals surface area contributed by atoms with Gasteiger partial charge in [0.25, 0.3) is 0 Å². The van der Waals surface area contributed by atoms with Crippen LogP contribution in [0.3, 0.4) is 0 Å². The highest BCUT2D eigenvalue weighted by Crippen LogP contribution is 2.42. The summed E-state index contributed by atoms with van der Waals surface area (Å²) in [7, 11) is 0. The highest BCUT2D eigenvalue weighted by molar-refractivity contribution is 9.10. The maximum Gasteiger partial charge on any atom is 0.216 e. The van der Waals surface area contributed by atoms with Crippen LogP contribution >= 0.6 is 55.0 Å². The van der Waals surface area contributed by atoms with Crippen LogP contribution in [0.25, 0.3) is 10.1 Å². The Morgan fingerprint density at radius 1 is 1.12 bits per heavy atom. The molecule has 1 amide bonds. The Bertz CT molecular complexity index is 875. The number of amides is 1. The number of hydrogen-bond acceptors (Lipinski definition) is 3. The maximum atomic E-state index is 11.2. The standard InChI is InChI=1S/C18H15Br2NOS2/c1-11(22)21-9-8-15-16-10-13(20)4-7-17(16)24-18(15)23-14-5-2-12(19)3-6-14/h2-7,10H,8-9H2,1H3,(H,21,22). The summed E-state index contributed by atoms with van der Waals surface area (Å²) in [6.07, 6.45) is 0.828. The molecule has 1 N–H and O–H groups in total. The van der Waals surface area contributed by atoms with Crippen molar-refractivity contribution in [3.63, 3.8) is 0 Å². The first kappa shape index (κ1) is 18.0. The Kier molecular flexibility index (Phi) is 6.02. The summed E-state index contributed by atoms with van der Waals surface area (Å²) in [5.74, 6) is 0.0119. The van der Waals surface area contributed by atoms with E-state index in [9.17, 15) is 4.79 Å². The van der Waals surface area contributed by atoms with E-state index in [1.807, 2.05) is 11.3 Å². The molecule has 2 aromatic carbocycles. The summed E-state index contributed by atoms with van der Waals surface area (Å²) < 4.78 is 4.72. The fourth-order valence-corrected chi connectivity index (χ4v) is 5.53. The molecule has 0 radical (unpaired) electrons. The number of benzene rings is 2. The van der Waals surface area contributed by atoms with Crippen molar-refractivity contribution in [1.29, 1.82) is 0 Å². The van der Waals surface area contributed by atoms with Gasteiger partial charge in [-0.3, -0.25) is 4.79 Å². The van der Waals surface area contributed by atoms with Crippen LogP contribution < -0.4 is 5.32 Å². The van der Waals surface area contributed by atoms with E-state index < -0.39 is 0 Å². The van der Waals surface area contributed by atoms with Crippen molar-refractivity contribution in [2.45, 2.75) is 22.4 Å². The molecule has 0 bridgehead atoms. The van der Waals surface area contributed by atoms with Crippen molar-refractivity contribution >= 4 is 71.0 Å².